The van der Waals surface area contributed by atoms with Crippen molar-refractivity contribution in [1.82, 2.24) is 90.0 Å². The first-order valence-corrected chi connectivity index (χ1v) is 48.9. The maximum Gasteiger partial charge on any atom is 0.305 e. The lowest BCUT2D eigenvalue weighted by atomic mass is 9.85. The van der Waals surface area contributed by atoms with Crippen molar-refractivity contribution in [3.05, 3.63) is 149 Å². The fourth-order valence-electron chi connectivity index (χ4n) is 14.6. The van der Waals surface area contributed by atoms with Crippen LogP contribution >= 0.6 is 35.3 Å². The van der Waals surface area contributed by atoms with Crippen molar-refractivity contribution >= 4 is 176 Å². The number of carboxylic acids is 3. The predicted molar refractivity (Wildman–Crippen MR) is 520 cm³/mol. The van der Waals surface area contributed by atoms with Crippen LogP contribution in [-0.4, -0.2) is 283 Å². The molecule has 0 spiro atoms. The number of phenols is 1. The van der Waals surface area contributed by atoms with E-state index in [1.165, 1.54) is 65.9 Å². The van der Waals surface area contributed by atoms with Gasteiger partial charge in [-0.3, -0.25) is 105 Å². The molecule has 2 heterocycles. The Kier molecular flexibility index (Phi) is 44.8. The highest BCUT2D eigenvalue weighted by molar-refractivity contribution is 7.99. The second-order valence-electron chi connectivity index (χ2n) is 35.3. The fraction of sp³-hybridized carbons (Fsp3) is 0.468. The van der Waals surface area contributed by atoms with Gasteiger partial charge in [0.05, 0.1) is 25.8 Å². The van der Waals surface area contributed by atoms with E-state index in [4.69, 9.17) is 11.5 Å². The average Bonchev–Trinajstić information content (AvgIpc) is 0.804. The van der Waals surface area contributed by atoms with Crippen molar-refractivity contribution in [2.75, 3.05) is 37.4 Å². The second kappa shape index (κ2) is 55.5. The molecule has 768 valence electrons. The van der Waals surface area contributed by atoms with E-state index in [-0.39, 0.29) is 65.4 Å². The molecule has 142 heavy (non-hydrogen) atoms. The van der Waals surface area contributed by atoms with Gasteiger partial charge in [-0.25, -0.2) is 0 Å². The summed E-state index contributed by atoms with van der Waals surface area (Å²) in [4.78, 5) is 311. The van der Waals surface area contributed by atoms with Crippen LogP contribution in [0.1, 0.15) is 140 Å². The number of rotatable bonds is 26. The summed E-state index contributed by atoms with van der Waals surface area (Å²) >= 11 is 3.04. The van der Waals surface area contributed by atoms with Gasteiger partial charge in [-0.1, -0.05) is 131 Å². The molecule has 2 aliphatic heterocycles. The van der Waals surface area contributed by atoms with E-state index >= 15 is 9.59 Å². The molecule has 0 saturated carbocycles. The van der Waals surface area contributed by atoms with Crippen LogP contribution in [0.25, 0.3) is 10.8 Å². The van der Waals surface area contributed by atoms with Gasteiger partial charge in [0.1, 0.15) is 96.4 Å². The number of carbonyl (C=O) groups excluding carboxylic acids is 19. The number of fused-ring (bicyclic) bond motifs is 6. The molecule has 4 bridgehead atoms. The van der Waals surface area contributed by atoms with Crippen LogP contribution in [-0.2, 0) is 142 Å². The topological polar surface area (TPSA) is 704 Å². The summed E-state index contributed by atoms with van der Waals surface area (Å²) < 4.78 is 0. The highest BCUT2D eigenvalue weighted by atomic mass is 32.2. The van der Waals surface area contributed by atoms with Crippen LogP contribution in [0.3, 0.4) is 0 Å². The number of aromatic hydroxyl groups is 1. The number of hydrogen-bond donors (Lipinski definition) is 22. The Hall–Kier alpha value is -14.5. The van der Waals surface area contributed by atoms with E-state index in [9.17, 15) is 116 Å². The van der Waals surface area contributed by atoms with Crippen LogP contribution < -0.4 is 96.5 Å². The summed E-state index contributed by atoms with van der Waals surface area (Å²) in [6.07, 6.45) is -5.58. The summed E-state index contributed by atoms with van der Waals surface area (Å²) in [5.41, 5.74) is 12.7. The minimum Gasteiger partial charge on any atom is -0.508 e. The summed E-state index contributed by atoms with van der Waals surface area (Å²) in [5.74, 6) is -26.6. The maximum atomic E-state index is 15.2. The summed E-state index contributed by atoms with van der Waals surface area (Å²) in [6.45, 7) is 10.4. The average molecular weight is 2030 g/mol. The molecule has 24 N–H and O–H groups in total. The Bertz CT molecular complexity index is 5460. The zero-order valence-electron chi connectivity index (χ0n) is 79.7. The maximum absolute atomic E-state index is 15.2. The molecule has 48 heteroatoms. The minimum atomic E-state index is -2.10. The number of carboxylic acid groups (broad SMARTS) is 3. The molecule has 7 rings (SSSR count). The molecule has 19 amide bonds. The third-order valence-corrected chi connectivity index (χ3v) is 25.6. The molecule has 2 aliphatic rings. The van der Waals surface area contributed by atoms with E-state index in [0.29, 0.717) is 45.0 Å². The lowest BCUT2D eigenvalue weighted by Crippen LogP contribution is -2.62. The van der Waals surface area contributed by atoms with E-state index in [2.05, 4.69) is 85.1 Å². The minimum absolute atomic E-state index is 0.0288. The number of benzene rings is 5. The van der Waals surface area contributed by atoms with Gasteiger partial charge < -0.3 is 122 Å². The van der Waals surface area contributed by atoms with Crippen LogP contribution in [0.4, 0.5) is 0 Å². The Labute approximate surface area is 830 Å². The van der Waals surface area contributed by atoms with Gasteiger partial charge in [-0.2, -0.15) is 35.3 Å². The van der Waals surface area contributed by atoms with Crippen molar-refractivity contribution in [2.24, 2.45) is 16.9 Å². The first-order valence-electron chi connectivity index (χ1n) is 45.5. The van der Waals surface area contributed by atoms with E-state index in [1.807, 2.05) is 0 Å². The SMILES string of the molecule is CCCC(=O)NCCC(=O)N(C)CC(=O)NC(C)C(=O)NC1CSCc2cc3cc(c2)CSCC(NC(=O)C(C)NC(=O)C(Cc2cccc4ccccc24)NC(=O)C(CCC(=O)O)NC(=O)C(CC(N)=O)NC(=O)C(C)NC1=O)C(=O)NC(C)C(=O)NC(CC(=O)O)C(=O)NC(Cc1ccccc1)C(=O)NC(Cc1ccc(O)cc1)C(=O)NC(CC(=O)O)C(=O)NC(C(C)(C)C)C(=O)NC(C(N)=O)CSC3. The molecule has 0 aromatic heterocycles. The van der Waals surface area contributed by atoms with Gasteiger partial charge in [-0.05, 0) is 102 Å². The zero-order chi connectivity index (χ0) is 105. The van der Waals surface area contributed by atoms with Gasteiger partial charge in [0.15, 0.2) is 0 Å². The predicted octanol–water partition coefficient (Wildman–Crippen LogP) is -2.66. The number of amides is 19. The van der Waals surface area contributed by atoms with Crippen LogP contribution in [0, 0.1) is 5.41 Å². The highest BCUT2D eigenvalue weighted by Gasteiger charge is 2.42. The summed E-state index contributed by atoms with van der Waals surface area (Å²) in [5, 5.41) is 81.7. The van der Waals surface area contributed by atoms with E-state index < -0.39 is 284 Å². The fourth-order valence-corrected chi connectivity index (χ4v) is 17.6. The summed E-state index contributed by atoms with van der Waals surface area (Å²) in [6, 6.07) is 3.35. The Balaban J connectivity index is 1.37. The normalized spacial score (nSPS) is 23.0. The smallest absolute Gasteiger partial charge is 0.305 e. The van der Waals surface area contributed by atoms with Gasteiger partial charge in [0.2, 0.25) is 112 Å². The molecular formula is C94H123N19O26S3. The second-order valence-corrected chi connectivity index (χ2v) is 38.4. The van der Waals surface area contributed by atoms with Gasteiger partial charge in [-0.15, -0.1) is 0 Å². The number of nitrogens with zero attached hydrogens (tertiary/aromatic N) is 1. The van der Waals surface area contributed by atoms with Crippen LogP contribution in [0.5, 0.6) is 5.75 Å². The highest BCUT2D eigenvalue weighted by Crippen LogP contribution is 2.27. The molecule has 15 atom stereocenters. The Morgan fingerprint density at radius 1 is 0.458 bits per heavy atom. The molecule has 5 aromatic rings. The van der Waals surface area contributed by atoms with Crippen LogP contribution in [0.15, 0.2) is 115 Å². The Morgan fingerprint density at radius 3 is 1.44 bits per heavy atom. The third kappa shape index (κ3) is 37.9. The van der Waals surface area contributed by atoms with Crippen molar-refractivity contribution in [3.8, 4) is 5.75 Å². The number of nitrogens with two attached hydrogens (primary N) is 2. The number of carbonyl (C=O) groups is 22. The number of likely N-dealkylation sites (N-methyl/N-ethyl adjacent to an activating group) is 1. The number of aliphatic carboxylic acids is 3. The van der Waals surface area contributed by atoms with Gasteiger partial charge >= 0.3 is 17.9 Å². The van der Waals surface area contributed by atoms with Gasteiger partial charge in [0.25, 0.3) is 0 Å². The first-order chi connectivity index (χ1) is 67.0. The first kappa shape index (κ1) is 115. The van der Waals surface area contributed by atoms with Crippen molar-refractivity contribution < 1.29 is 126 Å². The van der Waals surface area contributed by atoms with Crippen molar-refractivity contribution in [1.29, 1.82) is 0 Å². The van der Waals surface area contributed by atoms with E-state index in [0.717, 1.165) is 54.0 Å². The van der Waals surface area contributed by atoms with Crippen molar-refractivity contribution in [3.63, 3.8) is 0 Å². The molecule has 5 aromatic carbocycles. The number of hydrogen-bond acceptors (Lipinski definition) is 26. The quantitative estimate of drug-likeness (QED) is 0.0269. The lowest BCUT2D eigenvalue weighted by Gasteiger charge is -2.33. The van der Waals surface area contributed by atoms with Gasteiger partial charge in [0, 0.05) is 86.6 Å². The monoisotopic (exact) mass is 2030 g/mol. The molecular weight excluding hydrogens is 1910 g/mol. The largest absolute Gasteiger partial charge is 0.508 e. The van der Waals surface area contributed by atoms with E-state index in [1.54, 1.807) is 97.9 Å². The summed E-state index contributed by atoms with van der Waals surface area (Å²) in [7, 11) is 1.31. The lowest BCUT2D eigenvalue weighted by molar-refractivity contribution is -0.142. The zero-order valence-corrected chi connectivity index (χ0v) is 82.1. The molecule has 45 nitrogen and oxygen atoms in total. The number of primary amides is 2. The molecule has 15 unspecified atom stereocenters. The Morgan fingerprint density at radius 2 is 0.908 bits per heavy atom. The number of thioether (sulfide) groups is 3. The molecule has 0 saturated heterocycles. The van der Waals surface area contributed by atoms with Crippen molar-refractivity contribution in [2.45, 2.75) is 234 Å². The third-order valence-electron chi connectivity index (χ3n) is 22.3. The number of phenolic OH excluding ortho intramolecular Hbond substituents is 1. The molecule has 0 radical (unpaired) electrons. The molecule has 0 fully saturated rings. The molecule has 0 aliphatic carbocycles. The standard InChI is InChI=1S/C94H123N19O26S3/c1-10-17-72(116)97-31-30-74(118)113(9)41-73(117)98-48(2)80(126)110-69-46-141-43-55-32-54-33-56(34-55)44-142-47-70(111-83(129)51(5)99-85(131)64(37-58-22-16-21-57-20-14-15-23-60(57)58)107-84(130)61(28-29-75(119)120)102-88(134)65(38-71(95)115)103-81(127)49(3)100-91(69)137)92(138)101-50(4)82(128)104-66(39-76(121)122)89(135)106-62(35-52-18-12-11-13-19-52)86(132)105-63(36-53-24-26-59(114)27-25-53)87(133)108-67(40-77(123)124)90(136)112-78(94(6,7)8)93(139)109-68(79(96)125)45-140-42-54/h11-16,18-27,32-34,48-51,61-70,78,114H,10,17,28-31,35-47H2,1-9H3,(H2,95,115)(H2,96,125)(H,97,116)(H,98,117)(H,99,131)(H,100,137)(H,101,138)(H,102,134)(H,103,127)(H,104,128)(H,105,132)(H,106,135)(H,107,130)(H,108,133)(H,109,139)(H,110,126)(H,111,129)(H,112,136)(H,119,120)(H,121,122)(H,123,124). The number of nitrogens with one attached hydrogen (secondary N) is 16. The van der Waals surface area contributed by atoms with Crippen LogP contribution in [0.2, 0.25) is 0 Å².